The van der Waals surface area contributed by atoms with Gasteiger partial charge in [-0.25, -0.2) is 0 Å². The molecule has 1 aliphatic rings. The number of nitrogens with one attached hydrogen (secondary N) is 2. The van der Waals surface area contributed by atoms with Crippen LogP contribution in [0.5, 0.6) is 0 Å². The van der Waals surface area contributed by atoms with Gasteiger partial charge in [0.1, 0.15) is 5.76 Å². The first-order valence-corrected chi connectivity index (χ1v) is 9.02. The van der Waals surface area contributed by atoms with E-state index in [0.717, 1.165) is 18.8 Å². The van der Waals surface area contributed by atoms with Gasteiger partial charge >= 0.3 is 0 Å². The van der Waals surface area contributed by atoms with Crippen molar-refractivity contribution in [3.8, 4) is 0 Å². The molecular weight excluding hydrogens is 334 g/mol. The monoisotopic (exact) mass is 359 g/mol. The molecule has 0 spiro atoms. The highest BCUT2D eigenvalue weighted by atomic mass is 16.4. The molecule has 3 rings (SSSR count). The predicted molar refractivity (Wildman–Crippen MR) is 97.1 cm³/mol. The summed E-state index contributed by atoms with van der Waals surface area (Å²) in [5, 5.41) is 9.43. The van der Waals surface area contributed by atoms with E-state index in [4.69, 9.17) is 4.42 Å². The fourth-order valence-corrected chi connectivity index (χ4v) is 3.07. The Bertz CT molecular complexity index is 774. The second-order valence-corrected chi connectivity index (χ2v) is 6.38. The molecule has 2 N–H and O–H groups in total. The van der Waals surface area contributed by atoms with Gasteiger partial charge in [-0.05, 0) is 45.0 Å². The van der Waals surface area contributed by atoms with Gasteiger partial charge in [0.05, 0.1) is 12.2 Å². The molecule has 26 heavy (non-hydrogen) atoms. The van der Waals surface area contributed by atoms with Crippen LogP contribution in [0.25, 0.3) is 0 Å². The largest absolute Gasteiger partial charge is 0.455 e. The number of rotatable bonds is 6. The van der Waals surface area contributed by atoms with E-state index in [2.05, 4.69) is 20.6 Å². The molecule has 1 aliphatic heterocycles. The quantitative estimate of drug-likeness (QED) is 0.824. The number of likely N-dealkylation sites (tertiary alicyclic amines) is 1. The molecule has 0 bridgehead atoms. The highest BCUT2D eigenvalue weighted by Crippen LogP contribution is 2.18. The first-order chi connectivity index (χ1) is 12.6. The van der Waals surface area contributed by atoms with Gasteiger partial charge in [0.15, 0.2) is 11.5 Å². The number of nitrogens with zero attached hydrogens (tertiary/aromatic N) is 3. The van der Waals surface area contributed by atoms with Gasteiger partial charge < -0.3 is 15.1 Å². The Labute approximate surface area is 152 Å². The minimum Gasteiger partial charge on any atom is -0.455 e. The minimum absolute atomic E-state index is 0.183. The average molecular weight is 359 g/mol. The van der Waals surface area contributed by atoms with Crippen LogP contribution in [0.1, 0.15) is 53.0 Å². The Kier molecular flexibility index (Phi) is 5.72. The van der Waals surface area contributed by atoms with Crippen molar-refractivity contribution in [3.05, 3.63) is 35.5 Å². The number of piperidine rings is 1. The molecule has 1 fully saturated rings. The summed E-state index contributed by atoms with van der Waals surface area (Å²) in [6, 6.07) is 3.50. The molecule has 2 amide bonds. The second-order valence-electron chi connectivity index (χ2n) is 6.38. The van der Waals surface area contributed by atoms with Gasteiger partial charge in [-0.2, -0.15) is 5.10 Å². The lowest BCUT2D eigenvalue weighted by molar-refractivity contribution is 0.0958. The van der Waals surface area contributed by atoms with Crippen molar-refractivity contribution >= 4 is 17.5 Å². The van der Waals surface area contributed by atoms with E-state index < -0.39 is 5.91 Å². The van der Waals surface area contributed by atoms with Gasteiger partial charge in [-0.1, -0.05) is 6.42 Å². The van der Waals surface area contributed by atoms with Crippen LogP contribution in [0.4, 0.5) is 5.69 Å². The number of hydrogen-bond acceptors (Lipinski definition) is 5. The number of aromatic nitrogens is 2. The van der Waals surface area contributed by atoms with E-state index in [1.165, 1.54) is 26.3 Å². The van der Waals surface area contributed by atoms with Gasteiger partial charge in [0.25, 0.3) is 11.8 Å². The third kappa shape index (κ3) is 4.13. The summed E-state index contributed by atoms with van der Waals surface area (Å²) < 4.78 is 7.30. The standard InChI is InChI=1S/C18H25N5O3/c1-3-23-12-14(16(21-23)18(25)19-2)20-17(24)15-8-7-13(26-15)11-22-9-5-4-6-10-22/h7-8,12H,3-6,9-11H2,1-2H3,(H,19,25)(H,20,24). The molecule has 3 heterocycles. The number of aryl methyl sites for hydroxylation is 1. The van der Waals surface area contributed by atoms with Crippen molar-refractivity contribution in [1.29, 1.82) is 0 Å². The Morgan fingerprint density at radius 3 is 2.65 bits per heavy atom. The third-order valence-electron chi connectivity index (χ3n) is 4.49. The molecule has 1 saturated heterocycles. The molecule has 2 aromatic rings. The molecule has 0 aromatic carbocycles. The summed E-state index contributed by atoms with van der Waals surface area (Å²) in [5.74, 6) is 0.255. The summed E-state index contributed by atoms with van der Waals surface area (Å²) >= 11 is 0. The zero-order chi connectivity index (χ0) is 18.5. The Morgan fingerprint density at radius 1 is 1.19 bits per heavy atom. The molecule has 0 saturated carbocycles. The van der Waals surface area contributed by atoms with Crippen LogP contribution in [-0.2, 0) is 13.1 Å². The summed E-state index contributed by atoms with van der Waals surface area (Å²) in [4.78, 5) is 26.8. The van der Waals surface area contributed by atoms with E-state index in [9.17, 15) is 9.59 Å². The molecule has 0 atom stereocenters. The second kappa shape index (κ2) is 8.18. The number of hydrogen-bond donors (Lipinski definition) is 2. The third-order valence-corrected chi connectivity index (χ3v) is 4.49. The number of carbonyl (C=O) groups is 2. The van der Waals surface area contributed by atoms with Gasteiger partial charge in [0, 0.05) is 19.8 Å². The summed E-state index contributed by atoms with van der Waals surface area (Å²) in [5.41, 5.74) is 0.549. The van der Waals surface area contributed by atoms with E-state index in [-0.39, 0.29) is 17.4 Å². The average Bonchev–Trinajstić information content (AvgIpc) is 3.29. The number of anilines is 1. The van der Waals surface area contributed by atoms with Gasteiger partial charge in [-0.3, -0.25) is 19.2 Å². The maximum atomic E-state index is 12.5. The number of amides is 2. The van der Waals surface area contributed by atoms with Crippen LogP contribution in [0, 0.1) is 0 Å². The van der Waals surface area contributed by atoms with E-state index >= 15 is 0 Å². The Morgan fingerprint density at radius 2 is 1.96 bits per heavy atom. The lowest BCUT2D eigenvalue weighted by atomic mass is 10.1. The van der Waals surface area contributed by atoms with Crippen molar-refractivity contribution in [3.63, 3.8) is 0 Å². The fourth-order valence-electron chi connectivity index (χ4n) is 3.07. The zero-order valence-corrected chi connectivity index (χ0v) is 15.2. The Balaban J connectivity index is 1.68. The zero-order valence-electron chi connectivity index (χ0n) is 15.2. The molecule has 8 heteroatoms. The number of furan rings is 1. The number of carbonyl (C=O) groups excluding carboxylic acids is 2. The summed E-state index contributed by atoms with van der Waals surface area (Å²) in [7, 11) is 1.53. The molecule has 0 unspecified atom stereocenters. The van der Waals surface area contributed by atoms with Crippen LogP contribution in [0.15, 0.2) is 22.7 Å². The van der Waals surface area contributed by atoms with Crippen molar-refractivity contribution < 1.29 is 14.0 Å². The van der Waals surface area contributed by atoms with Crippen molar-refractivity contribution in [2.75, 3.05) is 25.5 Å². The van der Waals surface area contributed by atoms with E-state index in [1.807, 2.05) is 13.0 Å². The normalized spacial score (nSPS) is 15.0. The van der Waals surface area contributed by atoms with Crippen molar-refractivity contribution in [2.24, 2.45) is 0 Å². The highest BCUT2D eigenvalue weighted by Gasteiger charge is 2.20. The fraction of sp³-hybridized carbons (Fsp3) is 0.500. The maximum Gasteiger partial charge on any atom is 0.291 e. The summed E-state index contributed by atoms with van der Waals surface area (Å²) in [6.07, 6.45) is 5.33. The lowest BCUT2D eigenvalue weighted by Crippen LogP contribution is -2.28. The molecular formula is C18H25N5O3. The van der Waals surface area contributed by atoms with Crippen molar-refractivity contribution in [1.82, 2.24) is 20.0 Å². The topological polar surface area (TPSA) is 92.4 Å². The molecule has 0 radical (unpaired) electrons. The molecule has 0 aliphatic carbocycles. The molecule has 2 aromatic heterocycles. The SMILES string of the molecule is CCn1cc(NC(=O)c2ccc(CN3CCCCC3)o2)c(C(=O)NC)n1. The van der Waals surface area contributed by atoms with Crippen LogP contribution in [0.3, 0.4) is 0 Å². The predicted octanol–water partition coefficient (Wildman–Crippen LogP) is 2.09. The lowest BCUT2D eigenvalue weighted by Gasteiger charge is -2.25. The van der Waals surface area contributed by atoms with Crippen LogP contribution < -0.4 is 10.6 Å². The van der Waals surface area contributed by atoms with Crippen LogP contribution >= 0.6 is 0 Å². The van der Waals surface area contributed by atoms with E-state index in [0.29, 0.717) is 18.8 Å². The maximum absolute atomic E-state index is 12.5. The first-order valence-electron chi connectivity index (χ1n) is 9.02. The smallest absolute Gasteiger partial charge is 0.291 e. The Hall–Kier alpha value is -2.61. The van der Waals surface area contributed by atoms with Gasteiger partial charge in [-0.15, -0.1) is 0 Å². The van der Waals surface area contributed by atoms with Crippen LogP contribution in [-0.4, -0.2) is 46.6 Å². The minimum atomic E-state index is -0.393. The first kappa shape index (κ1) is 18.2. The molecule has 140 valence electrons. The van der Waals surface area contributed by atoms with Crippen molar-refractivity contribution in [2.45, 2.75) is 39.3 Å². The van der Waals surface area contributed by atoms with Gasteiger partial charge in [0.2, 0.25) is 0 Å². The highest BCUT2D eigenvalue weighted by molar-refractivity contribution is 6.06. The van der Waals surface area contributed by atoms with Crippen LogP contribution in [0.2, 0.25) is 0 Å². The van der Waals surface area contributed by atoms with E-state index in [1.54, 1.807) is 16.9 Å². The summed E-state index contributed by atoms with van der Waals surface area (Å²) in [6.45, 7) is 5.35. The molecule has 8 nitrogen and oxygen atoms in total.